The van der Waals surface area contributed by atoms with Crippen LogP contribution < -0.4 is 16.0 Å². The molecule has 0 bridgehead atoms. The predicted molar refractivity (Wildman–Crippen MR) is 90.0 cm³/mol. The molecular weight excluding hydrogens is 355 g/mol. The van der Waals surface area contributed by atoms with Crippen molar-refractivity contribution >= 4 is 35.9 Å². The van der Waals surface area contributed by atoms with Crippen LogP contribution in [0.4, 0.5) is 5.95 Å². The van der Waals surface area contributed by atoms with E-state index in [9.17, 15) is 0 Å². The lowest BCUT2D eigenvalue weighted by Crippen LogP contribution is -2.45. The van der Waals surface area contributed by atoms with Gasteiger partial charge in [-0.2, -0.15) is 0 Å². The zero-order chi connectivity index (χ0) is 13.8. The average Bonchev–Trinajstić information content (AvgIpc) is 2.24. The molecule has 108 valence electrons. The number of halogens is 1. The fraction of sp³-hybridized carbons (Fsp3) is 0.583. The van der Waals surface area contributed by atoms with Crippen LogP contribution in [0, 0.1) is 0 Å². The average molecular weight is 378 g/mol. The highest BCUT2D eigenvalue weighted by molar-refractivity contribution is 14.0. The van der Waals surface area contributed by atoms with Gasteiger partial charge in [-0.1, -0.05) is 0 Å². The second kappa shape index (κ2) is 7.46. The third kappa shape index (κ3) is 7.14. The van der Waals surface area contributed by atoms with Gasteiger partial charge in [-0.05, 0) is 26.8 Å². The number of nitrogens with one attached hydrogen (secondary N) is 1. The molecule has 0 amide bonds. The Balaban J connectivity index is 0.00000324. The molecule has 0 aliphatic carbocycles. The Hall–Kier alpha value is -1.12. The lowest BCUT2D eigenvalue weighted by Gasteiger charge is -2.20. The van der Waals surface area contributed by atoms with E-state index < -0.39 is 0 Å². The Morgan fingerprint density at radius 2 is 2.05 bits per heavy atom. The number of nitrogens with two attached hydrogens (primary N) is 1. The molecule has 3 N–H and O–H groups in total. The summed E-state index contributed by atoms with van der Waals surface area (Å²) in [6.45, 7) is 6.54. The molecular formula is C12H23IN6. The van der Waals surface area contributed by atoms with Crippen LogP contribution in [0.1, 0.15) is 26.5 Å². The van der Waals surface area contributed by atoms with Gasteiger partial charge in [0, 0.05) is 25.8 Å². The molecule has 0 radical (unpaired) electrons. The molecule has 0 aliphatic rings. The van der Waals surface area contributed by atoms with Gasteiger partial charge in [0.25, 0.3) is 0 Å². The van der Waals surface area contributed by atoms with Gasteiger partial charge in [-0.15, -0.1) is 24.0 Å². The maximum absolute atomic E-state index is 5.79. The normalized spacial score (nSPS) is 11.7. The summed E-state index contributed by atoms with van der Waals surface area (Å²) in [7, 11) is 3.80. The Morgan fingerprint density at radius 1 is 1.42 bits per heavy atom. The smallest absolute Gasteiger partial charge is 0.225 e. The van der Waals surface area contributed by atoms with E-state index in [1.54, 1.807) is 6.20 Å². The Kier molecular flexibility index (Phi) is 7.02. The molecule has 1 heterocycles. The van der Waals surface area contributed by atoms with Gasteiger partial charge in [0.2, 0.25) is 5.95 Å². The number of nitrogens with zero attached hydrogens (tertiary/aromatic N) is 4. The molecule has 0 unspecified atom stereocenters. The number of hydrogen-bond acceptors (Lipinski definition) is 4. The van der Waals surface area contributed by atoms with Gasteiger partial charge in [0.15, 0.2) is 5.96 Å². The fourth-order valence-electron chi connectivity index (χ4n) is 1.28. The molecule has 0 saturated carbocycles. The first-order valence-corrected chi connectivity index (χ1v) is 5.85. The summed E-state index contributed by atoms with van der Waals surface area (Å²) in [4.78, 5) is 14.6. The van der Waals surface area contributed by atoms with Crippen molar-refractivity contribution in [2.24, 2.45) is 10.7 Å². The van der Waals surface area contributed by atoms with Crippen molar-refractivity contribution in [1.29, 1.82) is 0 Å². The summed E-state index contributed by atoms with van der Waals surface area (Å²) in [5.74, 6) is 1.09. The SMILES string of the molecule is CN(C)c1nccc(CN=C(N)NC(C)(C)C)n1.I. The standard InChI is InChI=1S/C12H22N6.HI/c1-12(2,3)17-10(13)15-8-9-6-7-14-11(16-9)18(4)5;/h6-7H,8H2,1-5H3,(H3,13,15,17);1H. The van der Waals surface area contributed by atoms with Crippen LogP contribution in [0.25, 0.3) is 0 Å². The molecule has 7 heteroatoms. The predicted octanol–water partition coefficient (Wildman–Crippen LogP) is 1.36. The number of anilines is 1. The number of aromatic nitrogens is 2. The van der Waals surface area contributed by atoms with Crippen LogP contribution in [-0.4, -0.2) is 35.6 Å². The molecule has 1 aromatic heterocycles. The Labute approximate surface area is 131 Å². The van der Waals surface area contributed by atoms with Gasteiger partial charge in [0.1, 0.15) is 0 Å². The van der Waals surface area contributed by atoms with Crippen LogP contribution in [-0.2, 0) is 6.54 Å². The summed E-state index contributed by atoms with van der Waals surface area (Å²) in [5, 5.41) is 3.10. The molecule has 19 heavy (non-hydrogen) atoms. The van der Waals surface area contributed by atoms with Crippen LogP contribution in [0.15, 0.2) is 17.3 Å². The number of aliphatic imine (C=N–C) groups is 1. The Morgan fingerprint density at radius 3 is 2.58 bits per heavy atom. The van der Waals surface area contributed by atoms with E-state index in [4.69, 9.17) is 5.73 Å². The van der Waals surface area contributed by atoms with Crippen molar-refractivity contribution in [2.45, 2.75) is 32.9 Å². The summed E-state index contributed by atoms with van der Waals surface area (Å²) >= 11 is 0. The summed E-state index contributed by atoms with van der Waals surface area (Å²) in [5.41, 5.74) is 6.54. The van der Waals surface area contributed by atoms with Crippen LogP contribution >= 0.6 is 24.0 Å². The van der Waals surface area contributed by atoms with Crippen LogP contribution in [0.5, 0.6) is 0 Å². The minimum atomic E-state index is -0.0892. The second-order valence-electron chi connectivity index (χ2n) is 5.32. The van der Waals surface area contributed by atoms with E-state index in [-0.39, 0.29) is 29.5 Å². The van der Waals surface area contributed by atoms with Gasteiger partial charge in [-0.25, -0.2) is 15.0 Å². The van der Waals surface area contributed by atoms with Crippen molar-refractivity contribution in [3.8, 4) is 0 Å². The second-order valence-corrected chi connectivity index (χ2v) is 5.32. The molecule has 0 aliphatic heterocycles. The quantitative estimate of drug-likeness (QED) is 0.472. The highest BCUT2D eigenvalue weighted by Crippen LogP contribution is 2.04. The molecule has 6 nitrogen and oxygen atoms in total. The highest BCUT2D eigenvalue weighted by atomic mass is 127. The summed E-state index contributed by atoms with van der Waals surface area (Å²) < 4.78 is 0. The first-order chi connectivity index (χ1) is 8.28. The number of guanidine groups is 1. The maximum atomic E-state index is 5.79. The Bertz CT molecular complexity index is 424. The molecule has 0 spiro atoms. The first-order valence-electron chi connectivity index (χ1n) is 5.85. The summed E-state index contributed by atoms with van der Waals surface area (Å²) in [6, 6.07) is 1.83. The largest absolute Gasteiger partial charge is 0.370 e. The van der Waals surface area contributed by atoms with Gasteiger partial charge in [-0.3, -0.25) is 0 Å². The van der Waals surface area contributed by atoms with Crippen LogP contribution in [0.3, 0.4) is 0 Å². The zero-order valence-electron chi connectivity index (χ0n) is 12.1. The van der Waals surface area contributed by atoms with Crippen molar-refractivity contribution < 1.29 is 0 Å². The van der Waals surface area contributed by atoms with E-state index in [0.29, 0.717) is 18.5 Å². The van der Waals surface area contributed by atoms with E-state index in [1.165, 1.54) is 0 Å². The van der Waals surface area contributed by atoms with E-state index >= 15 is 0 Å². The molecule has 0 aromatic carbocycles. The van der Waals surface area contributed by atoms with Crippen molar-refractivity contribution in [3.05, 3.63) is 18.0 Å². The lowest BCUT2D eigenvalue weighted by atomic mass is 10.1. The third-order valence-corrected chi connectivity index (χ3v) is 2.02. The minimum absolute atomic E-state index is 0. The minimum Gasteiger partial charge on any atom is -0.370 e. The maximum Gasteiger partial charge on any atom is 0.225 e. The number of hydrogen-bond donors (Lipinski definition) is 2. The van der Waals surface area contributed by atoms with Gasteiger partial charge < -0.3 is 16.0 Å². The molecule has 0 saturated heterocycles. The van der Waals surface area contributed by atoms with Gasteiger partial charge in [0.05, 0.1) is 12.2 Å². The van der Waals surface area contributed by atoms with Crippen molar-refractivity contribution in [2.75, 3.05) is 19.0 Å². The highest BCUT2D eigenvalue weighted by Gasteiger charge is 2.09. The number of rotatable bonds is 3. The van der Waals surface area contributed by atoms with Crippen LogP contribution in [0.2, 0.25) is 0 Å². The fourth-order valence-corrected chi connectivity index (χ4v) is 1.28. The lowest BCUT2D eigenvalue weighted by molar-refractivity contribution is 0.508. The third-order valence-electron chi connectivity index (χ3n) is 2.02. The monoisotopic (exact) mass is 378 g/mol. The van der Waals surface area contributed by atoms with Gasteiger partial charge >= 0.3 is 0 Å². The molecule has 1 aromatic rings. The molecule has 0 fully saturated rings. The summed E-state index contributed by atoms with van der Waals surface area (Å²) in [6.07, 6.45) is 1.72. The van der Waals surface area contributed by atoms with Crippen molar-refractivity contribution in [1.82, 2.24) is 15.3 Å². The molecule has 1 rings (SSSR count). The van der Waals surface area contributed by atoms with E-state index in [1.807, 2.05) is 45.8 Å². The van der Waals surface area contributed by atoms with Crippen molar-refractivity contribution in [3.63, 3.8) is 0 Å². The zero-order valence-corrected chi connectivity index (χ0v) is 14.5. The topological polar surface area (TPSA) is 79.4 Å². The van der Waals surface area contributed by atoms with E-state index in [2.05, 4.69) is 20.3 Å². The molecule has 0 atom stereocenters. The van der Waals surface area contributed by atoms with E-state index in [0.717, 1.165) is 5.69 Å². The first kappa shape index (κ1) is 17.9.